The fourth-order valence-corrected chi connectivity index (χ4v) is 3.97. The van der Waals surface area contributed by atoms with Crippen LogP contribution in [-0.4, -0.2) is 42.6 Å². The van der Waals surface area contributed by atoms with Gasteiger partial charge in [0.2, 0.25) is 10.0 Å². The summed E-state index contributed by atoms with van der Waals surface area (Å²) in [4.78, 5) is 10.4. The standard InChI is InChI=1S/C12H23NO4S/c1-3-12(4-2)6-8-13(9-7-12)18(16,17)10-5-11(14)15/h3-10H2,1-2H3,(H,14,15). The Balaban J connectivity index is 2.59. The molecule has 0 spiro atoms. The molecule has 0 aromatic carbocycles. The molecular weight excluding hydrogens is 254 g/mol. The lowest BCUT2D eigenvalue weighted by atomic mass is 9.75. The first-order valence-corrected chi connectivity index (χ1v) is 8.16. The van der Waals surface area contributed by atoms with Gasteiger partial charge in [-0.2, -0.15) is 0 Å². The van der Waals surface area contributed by atoms with Crippen molar-refractivity contribution in [3.63, 3.8) is 0 Å². The second-order valence-corrected chi connectivity index (χ2v) is 7.15. The van der Waals surface area contributed by atoms with Crippen molar-refractivity contribution in [3.05, 3.63) is 0 Å². The van der Waals surface area contributed by atoms with E-state index in [2.05, 4.69) is 13.8 Å². The quantitative estimate of drug-likeness (QED) is 0.801. The van der Waals surface area contributed by atoms with Gasteiger partial charge in [0, 0.05) is 13.1 Å². The lowest BCUT2D eigenvalue weighted by Crippen LogP contribution is -2.43. The molecule has 6 heteroatoms. The second kappa shape index (κ2) is 6.02. The molecule has 0 aromatic rings. The van der Waals surface area contributed by atoms with Crippen molar-refractivity contribution in [2.75, 3.05) is 18.8 Å². The van der Waals surface area contributed by atoms with Crippen LogP contribution in [0.2, 0.25) is 0 Å². The minimum atomic E-state index is -3.39. The highest BCUT2D eigenvalue weighted by molar-refractivity contribution is 7.89. The number of piperidine rings is 1. The summed E-state index contributed by atoms with van der Waals surface area (Å²) in [6.07, 6.45) is 3.60. The van der Waals surface area contributed by atoms with Gasteiger partial charge in [-0.05, 0) is 18.3 Å². The van der Waals surface area contributed by atoms with Crippen molar-refractivity contribution >= 4 is 16.0 Å². The van der Waals surface area contributed by atoms with Crippen LogP contribution in [0.25, 0.3) is 0 Å². The Morgan fingerprint density at radius 3 is 2.11 bits per heavy atom. The molecule has 1 aliphatic rings. The van der Waals surface area contributed by atoms with Gasteiger partial charge in [-0.15, -0.1) is 0 Å². The number of hydrogen-bond acceptors (Lipinski definition) is 3. The predicted molar refractivity (Wildman–Crippen MR) is 69.9 cm³/mol. The highest BCUT2D eigenvalue weighted by Crippen LogP contribution is 2.38. The fourth-order valence-electron chi connectivity index (χ4n) is 2.54. The predicted octanol–water partition coefficient (Wildman–Crippen LogP) is 1.69. The van der Waals surface area contributed by atoms with Crippen molar-refractivity contribution in [1.82, 2.24) is 4.31 Å². The van der Waals surface area contributed by atoms with E-state index in [9.17, 15) is 13.2 Å². The molecule has 1 N–H and O–H groups in total. The maximum absolute atomic E-state index is 11.9. The lowest BCUT2D eigenvalue weighted by molar-refractivity contribution is -0.136. The second-order valence-electron chi connectivity index (χ2n) is 5.07. The third kappa shape index (κ3) is 3.68. The Bertz CT molecular complexity index is 377. The maximum Gasteiger partial charge on any atom is 0.304 e. The normalized spacial score (nSPS) is 20.8. The number of carboxylic acids is 1. The van der Waals surface area contributed by atoms with E-state index < -0.39 is 16.0 Å². The van der Waals surface area contributed by atoms with Crippen molar-refractivity contribution < 1.29 is 18.3 Å². The molecule has 0 bridgehead atoms. The Kier molecular flexibility index (Phi) is 5.16. The van der Waals surface area contributed by atoms with Crippen molar-refractivity contribution in [2.45, 2.75) is 46.0 Å². The third-order valence-electron chi connectivity index (χ3n) is 4.25. The minimum Gasteiger partial charge on any atom is -0.481 e. The van der Waals surface area contributed by atoms with Gasteiger partial charge < -0.3 is 5.11 Å². The van der Waals surface area contributed by atoms with Crippen LogP contribution in [0.5, 0.6) is 0 Å². The summed E-state index contributed by atoms with van der Waals surface area (Å²) >= 11 is 0. The van der Waals surface area contributed by atoms with Gasteiger partial charge in [-0.1, -0.05) is 26.7 Å². The first kappa shape index (κ1) is 15.4. The van der Waals surface area contributed by atoms with Crippen LogP contribution in [0.4, 0.5) is 0 Å². The molecule has 1 fully saturated rings. The van der Waals surface area contributed by atoms with Crippen molar-refractivity contribution in [1.29, 1.82) is 0 Å². The summed E-state index contributed by atoms with van der Waals surface area (Å²) in [7, 11) is -3.39. The van der Waals surface area contributed by atoms with E-state index in [1.165, 1.54) is 4.31 Å². The zero-order valence-corrected chi connectivity index (χ0v) is 12.0. The van der Waals surface area contributed by atoms with Crippen LogP contribution in [0.3, 0.4) is 0 Å². The van der Waals surface area contributed by atoms with Crippen LogP contribution < -0.4 is 0 Å². The van der Waals surface area contributed by atoms with E-state index in [0.717, 1.165) is 25.7 Å². The Morgan fingerprint density at radius 2 is 1.72 bits per heavy atom. The van der Waals surface area contributed by atoms with Crippen molar-refractivity contribution in [2.24, 2.45) is 5.41 Å². The van der Waals surface area contributed by atoms with Crippen LogP contribution in [0.15, 0.2) is 0 Å². The fraction of sp³-hybridized carbons (Fsp3) is 0.917. The summed E-state index contributed by atoms with van der Waals surface area (Å²) in [5.41, 5.74) is 0.277. The number of hydrogen-bond donors (Lipinski definition) is 1. The maximum atomic E-state index is 11.9. The Hall–Kier alpha value is -0.620. The number of aliphatic carboxylic acids is 1. The summed E-state index contributed by atoms with van der Waals surface area (Å²) in [6.45, 7) is 5.36. The number of sulfonamides is 1. The van der Waals surface area contributed by atoms with Gasteiger partial charge in [0.05, 0.1) is 12.2 Å². The average Bonchev–Trinajstić information content (AvgIpc) is 2.36. The summed E-state index contributed by atoms with van der Waals surface area (Å²) in [6, 6.07) is 0. The lowest BCUT2D eigenvalue weighted by Gasteiger charge is -2.40. The first-order valence-electron chi connectivity index (χ1n) is 6.55. The molecule has 1 heterocycles. The Morgan fingerprint density at radius 1 is 1.22 bits per heavy atom. The monoisotopic (exact) mass is 277 g/mol. The summed E-state index contributed by atoms with van der Waals surface area (Å²) in [5.74, 6) is -1.35. The molecule has 0 saturated carbocycles. The molecule has 0 atom stereocenters. The van der Waals surface area contributed by atoms with Crippen LogP contribution in [0, 0.1) is 5.41 Å². The van der Waals surface area contributed by atoms with Crippen LogP contribution in [0.1, 0.15) is 46.0 Å². The largest absolute Gasteiger partial charge is 0.481 e. The molecule has 1 rings (SSSR count). The third-order valence-corrected chi connectivity index (χ3v) is 6.12. The van der Waals surface area contributed by atoms with E-state index in [-0.39, 0.29) is 17.6 Å². The molecule has 0 unspecified atom stereocenters. The smallest absolute Gasteiger partial charge is 0.304 e. The highest BCUT2D eigenvalue weighted by atomic mass is 32.2. The molecule has 0 aromatic heterocycles. The Labute approximate surface area is 109 Å². The summed E-state index contributed by atoms with van der Waals surface area (Å²) in [5, 5.41) is 8.55. The minimum absolute atomic E-state index is 0.277. The molecule has 5 nitrogen and oxygen atoms in total. The van der Waals surface area contributed by atoms with Gasteiger partial charge in [0.15, 0.2) is 0 Å². The average molecular weight is 277 g/mol. The topological polar surface area (TPSA) is 74.7 Å². The first-order chi connectivity index (χ1) is 8.35. The molecular formula is C12H23NO4S. The van der Waals surface area contributed by atoms with E-state index in [4.69, 9.17) is 5.11 Å². The number of carboxylic acid groups (broad SMARTS) is 1. The van der Waals surface area contributed by atoms with E-state index in [0.29, 0.717) is 13.1 Å². The van der Waals surface area contributed by atoms with E-state index in [1.54, 1.807) is 0 Å². The van der Waals surface area contributed by atoms with Crippen molar-refractivity contribution in [3.8, 4) is 0 Å². The van der Waals surface area contributed by atoms with Crippen LogP contribution >= 0.6 is 0 Å². The molecule has 1 aliphatic heterocycles. The van der Waals surface area contributed by atoms with Gasteiger partial charge in [-0.3, -0.25) is 4.79 Å². The van der Waals surface area contributed by atoms with E-state index in [1.807, 2.05) is 0 Å². The number of nitrogens with zero attached hydrogens (tertiary/aromatic N) is 1. The molecule has 18 heavy (non-hydrogen) atoms. The van der Waals surface area contributed by atoms with Gasteiger partial charge >= 0.3 is 5.97 Å². The van der Waals surface area contributed by atoms with Gasteiger partial charge in [0.25, 0.3) is 0 Å². The molecule has 0 amide bonds. The van der Waals surface area contributed by atoms with Gasteiger partial charge in [0.1, 0.15) is 0 Å². The SMILES string of the molecule is CCC1(CC)CCN(S(=O)(=O)CCC(=O)O)CC1. The molecule has 106 valence electrons. The number of rotatable bonds is 6. The van der Waals surface area contributed by atoms with Crippen LogP contribution in [-0.2, 0) is 14.8 Å². The molecule has 0 radical (unpaired) electrons. The molecule has 0 aliphatic carbocycles. The zero-order chi connectivity index (χ0) is 13.8. The summed E-state index contributed by atoms with van der Waals surface area (Å²) < 4.78 is 25.3. The number of carbonyl (C=O) groups is 1. The zero-order valence-electron chi connectivity index (χ0n) is 11.2. The highest BCUT2D eigenvalue weighted by Gasteiger charge is 2.35. The van der Waals surface area contributed by atoms with Gasteiger partial charge in [-0.25, -0.2) is 12.7 Å². The van der Waals surface area contributed by atoms with E-state index >= 15 is 0 Å². The molecule has 1 saturated heterocycles.